The molecule has 4 heterocycles. The van der Waals surface area contributed by atoms with Crippen molar-refractivity contribution in [2.24, 2.45) is 0 Å². The van der Waals surface area contributed by atoms with E-state index < -0.39 is 8.07 Å². The Labute approximate surface area is 502 Å². The first kappa shape index (κ1) is 56.2. The third-order valence-electron chi connectivity index (χ3n) is 22.3. The summed E-state index contributed by atoms with van der Waals surface area (Å²) in [5.74, 6) is 0. The molecular formula is C77H95BN4Si. The number of hydrogen-bond acceptors (Lipinski definition) is 4. The van der Waals surface area contributed by atoms with E-state index in [0.717, 1.165) is 12.8 Å². The molecule has 0 bridgehead atoms. The van der Waals surface area contributed by atoms with Crippen LogP contribution in [0.1, 0.15) is 196 Å². The van der Waals surface area contributed by atoms with Crippen LogP contribution in [0.2, 0.25) is 19.6 Å². The lowest BCUT2D eigenvalue weighted by Gasteiger charge is -2.51. The van der Waals surface area contributed by atoms with E-state index in [-0.39, 0.29) is 50.3 Å². The molecule has 4 aliphatic heterocycles. The van der Waals surface area contributed by atoms with Gasteiger partial charge in [0.1, 0.15) is 0 Å². The van der Waals surface area contributed by atoms with E-state index in [1.165, 1.54) is 140 Å². The molecule has 2 fully saturated rings. The topological polar surface area (TPSA) is 13.0 Å². The monoisotopic (exact) mass is 1110 g/mol. The molecule has 2 saturated carbocycles. The van der Waals surface area contributed by atoms with Crippen LogP contribution in [0.3, 0.4) is 0 Å². The Morgan fingerprint density at radius 3 is 1.20 bits per heavy atom. The standard InChI is InChI=1S/C77H95BN4Si/c1-70(2,3)50-24-30-54(31-25-50)79-65-37-29-53(73(10,11)12)45-61(65)78-62-46-56(81-63-36-28-52(72(7,8)9)44-59(63)74(13)40-20-22-42-76(74,81)15)34-38-66(62)80(55-32-26-51(27-33-55)71(4,5)6)68-48-57(47-67(79)69(68)78)82-64-39-35-58(83(17,18)19)49-60(64)75(14)41-21-23-43-77(75,82)16/h24-39,44-49H,20-23,40-43H2,1-19H3. The Kier molecular flexibility index (Phi) is 12.4. The minimum atomic E-state index is -1.63. The van der Waals surface area contributed by atoms with Gasteiger partial charge < -0.3 is 19.6 Å². The average molecular weight is 1120 g/mol. The van der Waals surface area contributed by atoms with E-state index >= 15 is 0 Å². The first-order valence-corrected chi connectivity index (χ1v) is 35.5. The number of rotatable bonds is 5. The van der Waals surface area contributed by atoms with Gasteiger partial charge in [0.15, 0.2) is 0 Å². The summed E-state index contributed by atoms with van der Waals surface area (Å²) in [6.45, 7) is 46.3. The lowest BCUT2D eigenvalue weighted by molar-refractivity contribution is 0.195. The molecule has 0 aromatic heterocycles. The predicted octanol–water partition coefficient (Wildman–Crippen LogP) is 19.0. The van der Waals surface area contributed by atoms with Crippen molar-refractivity contribution in [3.63, 3.8) is 0 Å². The van der Waals surface area contributed by atoms with Crippen LogP contribution in [-0.4, -0.2) is 25.9 Å². The maximum atomic E-state index is 2.86. The minimum Gasteiger partial charge on any atom is -0.334 e. The summed E-state index contributed by atoms with van der Waals surface area (Å²) in [6.07, 6.45) is 9.68. The van der Waals surface area contributed by atoms with E-state index in [2.05, 4.69) is 283 Å². The quantitative estimate of drug-likeness (QED) is 0.159. The summed E-state index contributed by atoms with van der Waals surface area (Å²) in [6, 6.07) is 55.1. The normalized spacial score (nSPS) is 23.8. The van der Waals surface area contributed by atoms with Crippen molar-refractivity contribution in [2.45, 2.75) is 225 Å². The number of nitrogens with zero attached hydrogens (tertiary/aromatic N) is 4. The van der Waals surface area contributed by atoms with Crippen LogP contribution in [-0.2, 0) is 32.5 Å². The SMILES string of the molecule is CC(C)(C)c1ccc(N2c3ccc(N4c5ccc(C(C)(C)C)cc5C5(C)CCCCC45C)cc3B3c4cc(C(C)(C)C)ccc4N(c4ccc(C(C)(C)C)cc4)c4cc(N5c6ccc([Si](C)(C)C)cc6C6(C)CCCCC56C)cc2c43)cc1. The molecule has 4 nitrogen and oxygen atoms in total. The van der Waals surface area contributed by atoms with Crippen LogP contribution < -0.4 is 41.2 Å². The molecule has 7 aromatic rings. The third kappa shape index (κ3) is 8.30. The highest BCUT2D eigenvalue weighted by atomic mass is 28.3. The van der Waals surface area contributed by atoms with Gasteiger partial charge in [0.2, 0.25) is 0 Å². The molecule has 4 unspecified atom stereocenters. The summed E-state index contributed by atoms with van der Waals surface area (Å²) >= 11 is 0. The highest BCUT2D eigenvalue weighted by Crippen LogP contribution is 2.64. The van der Waals surface area contributed by atoms with Crippen molar-refractivity contribution in [1.29, 1.82) is 0 Å². The van der Waals surface area contributed by atoms with Crippen molar-refractivity contribution in [3.05, 3.63) is 167 Å². The molecule has 0 N–H and O–H groups in total. The van der Waals surface area contributed by atoms with Gasteiger partial charge in [-0.05, 0) is 184 Å². The maximum absolute atomic E-state index is 2.86. The van der Waals surface area contributed by atoms with Gasteiger partial charge in [-0.3, -0.25) is 0 Å². The molecule has 4 atom stereocenters. The second-order valence-electron chi connectivity index (χ2n) is 32.6. The number of fused-ring (bicyclic) bond motifs is 10. The van der Waals surface area contributed by atoms with Crippen molar-refractivity contribution >= 4 is 93.2 Å². The average Bonchev–Trinajstić information content (AvgIpc) is 1.91. The van der Waals surface area contributed by atoms with Gasteiger partial charge in [0, 0.05) is 67.7 Å². The zero-order valence-corrected chi connectivity index (χ0v) is 55.2. The number of anilines is 10. The molecule has 83 heavy (non-hydrogen) atoms. The van der Waals surface area contributed by atoms with Gasteiger partial charge in [-0.25, -0.2) is 0 Å². The molecular weight excluding hydrogens is 1020 g/mol. The van der Waals surface area contributed by atoms with Crippen molar-refractivity contribution < 1.29 is 0 Å². The fourth-order valence-electron chi connectivity index (χ4n) is 16.7. The van der Waals surface area contributed by atoms with E-state index in [1.54, 1.807) is 10.8 Å². The molecule has 0 saturated heterocycles. The molecule has 6 heteroatoms. The van der Waals surface area contributed by atoms with Gasteiger partial charge in [-0.1, -0.05) is 208 Å². The summed E-state index contributed by atoms with van der Waals surface area (Å²) in [5.41, 5.74) is 25.3. The summed E-state index contributed by atoms with van der Waals surface area (Å²) in [4.78, 5) is 11.1. The van der Waals surface area contributed by atoms with Crippen molar-refractivity contribution in [3.8, 4) is 0 Å². The molecule has 0 radical (unpaired) electrons. The number of benzene rings is 7. The van der Waals surface area contributed by atoms with E-state index in [0.29, 0.717) is 0 Å². The predicted molar refractivity (Wildman–Crippen MR) is 364 cm³/mol. The second-order valence-corrected chi connectivity index (χ2v) is 37.7. The van der Waals surface area contributed by atoms with Gasteiger partial charge in [0.05, 0.1) is 19.2 Å². The van der Waals surface area contributed by atoms with Crippen LogP contribution in [0.15, 0.2) is 133 Å². The van der Waals surface area contributed by atoms with Crippen LogP contribution in [0.4, 0.5) is 56.9 Å². The van der Waals surface area contributed by atoms with E-state index in [4.69, 9.17) is 0 Å². The summed E-state index contributed by atoms with van der Waals surface area (Å²) < 4.78 is 0. The molecule has 13 rings (SSSR count). The van der Waals surface area contributed by atoms with Crippen molar-refractivity contribution in [1.82, 2.24) is 0 Å². The first-order chi connectivity index (χ1) is 38.8. The molecule has 6 aliphatic rings. The van der Waals surface area contributed by atoms with Gasteiger partial charge >= 0.3 is 0 Å². The fourth-order valence-corrected chi connectivity index (χ4v) is 17.9. The molecule has 0 amide bonds. The summed E-state index contributed by atoms with van der Waals surface area (Å²) in [7, 11) is -1.63. The lowest BCUT2D eigenvalue weighted by Crippen LogP contribution is -2.62. The van der Waals surface area contributed by atoms with Gasteiger partial charge in [0.25, 0.3) is 6.71 Å². The first-order valence-electron chi connectivity index (χ1n) is 32.0. The third-order valence-corrected chi connectivity index (χ3v) is 24.4. The largest absolute Gasteiger partial charge is 0.334 e. The van der Waals surface area contributed by atoms with Crippen LogP contribution in [0.25, 0.3) is 0 Å². The second kappa shape index (κ2) is 18.3. The Morgan fingerprint density at radius 2 is 0.735 bits per heavy atom. The van der Waals surface area contributed by atoms with Gasteiger partial charge in [-0.15, -0.1) is 0 Å². The van der Waals surface area contributed by atoms with Crippen LogP contribution in [0, 0.1) is 0 Å². The Hall–Kier alpha value is -5.98. The Balaban J connectivity index is 1.13. The van der Waals surface area contributed by atoms with E-state index in [9.17, 15) is 0 Å². The zero-order valence-electron chi connectivity index (χ0n) is 54.2. The van der Waals surface area contributed by atoms with Crippen LogP contribution in [0.5, 0.6) is 0 Å². The fraction of sp³-hybridized carbons (Fsp3) is 0.455. The molecule has 0 spiro atoms. The summed E-state index contributed by atoms with van der Waals surface area (Å²) in [5, 5.41) is 1.56. The van der Waals surface area contributed by atoms with E-state index in [1.807, 2.05) is 0 Å². The highest BCUT2D eigenvalue weighted by Gasteiger charge is 2.60. The van der Waals surface area contributed by atoms with Gasteiger partial charge in [-0.2, -0.15) is 0 Å². The highest BCUT2D eigenvalue weighted by molar-refractivity contribution is 7.00. The Morgan fingerprint density at radius 1 is 0.361 bits per heavy atom. The molecule has 2 aliphatic carbocycles. The maximum Gasteiger partial charge on any atom is 0.252 e. The van der Waals surface area contributed by atoms with Crippen molar-refractivity contribution in [2.75, 3.05) is 19.6 Å². The minimum absolute atomic E-state index is 0.00628. The molecule has 430 valence electrons. The van der Waals surface area contributed by atoms with Crippen LogP contribution >= 0.6 is 0 Å². The smallest absolute Gasteiger partial charge is 0.252 e. The Bertz CT molecular complexity index is 3750. The lowest BCUT2D eigenvalue weighted by atomic mass is 9.33. The zero-order chi connectivity index (χ0) is 59.1. The number of hydrogen-bond donors (Lipinski definition) is 0. The molecule has 7 aromatic carbocycles.